The lowest BCUT2D eigenvalue weighted by molar-refractivity contribution is 0.0941. The monoisotopic (exact) mass is 328 g/mol. The number of hydrogen-bond acceptors (Lipinski definition) is 4. The molecule has 0 aliphatic rings. The van der Waals surface area contributed by atoms with Gasteiger partial charge in [0.05, 0.1) is 13.7 Å². The zero-order valence-electron chi connectivity index (χ0n) is 11.9. The Hall–Kier alpha value is -2.29. The van der Waals surface area contributed by atoms with Crippen molar-refractivity contribution in [2.45, 2.75) is 20.0 Å². The van der Waals surface area contributed by atoms with E-state index in [1.54, 1.807) is 4.57 Å². The number of carbonyl (C=O) groups excluding carboxylic acids is 1. The van der Waals surface area contributed by atoms with Crippen molar-refractivity contribution in [3.63, 3.8) is 0 Å². The SMILES string of the molecule is CCn1c(CNC(=O)c2c(F)ccc(F)c2OC)n[nH]c1=S. The van der Waals surface area contributed by atoms with Crippen LogP contribution in [0.25, 0.3) is 0 Å². The van der Waals surface area contributed by atoms with Crippen molar-refractivity contribution >= 4 is 18.1 Å². The van der Waals surface area contributed by atoms with Gasteiger partial charge in [-0.1, -0.05) is 0 Å². The standard InChI is InChI=1S/C13H14F2N4O2S/c1-3-19-9(17-18-13(19)22)6-16-12(20)10-7(14)4-5-8(15)11(10)21-2/h4-5H,3,6H2,1-2H3,(H,16,20)(H,18,22). The van der Waals surface area contributed by atoms with Crippen LogP contribution < -0.4 is 10.1 Å². The molecule has 0 saturated carbocycles. The van der Waals surface area contributed by atoms with Gasteiger partial charge in [-0.3, -0.25) is 9.89 Å². The van der Waals surface area contributed by atoms with Gasteiger partial charge in [0.1, 0.15) is 11.4 Å². The van der Waals surface area contributed by atoms with E-state index in [1.807, 2.05) is 6.92 Å². The zero-order chi connectivity index (χ0) is 16.3. The largest absolute Gasteiger partial charge is 0.493 e. The second-order valence-corrected chi connectivity index (χ2v) is 4.70. The molecule has 0 spiro atoms. The van der Waals surface area contributed by atoms with Crippen molar-refractivity contribution in [2.75, 3.05) is 7.11 Å². The third-order valence-corrected chi connectivity index (χ3v) is 3.36. The Morgan fingerprint density at radius 3 is 2.77 bits per heavy atom. The van der Waals surface area contributed by atoms with Gasteiger partial charge in [0, 0.05) is 6.54 Å². The summed E-state index contributed by atoms with van der Waals surface area (Å²) in [7, 11) is 1.16. The number of hydrogen-bond donors (Lipinski definition) is 2. The molecule has 118 valence electrons. The molecule has 9 heteroatoms. The minimum atomic E-state index is -0.870. The molecular weight excluding hydrogens is 314 g/mol. The van der Waals surface area contributed by atoms with Gasteiger partial charge in [-0.15, -0.1) is 0 Å². The Morgan fingerprint density at radius 2 is 2.14 bits per heavy atom. The number of aromatic amines is 1. The van der Waals surface area contributed by atoms with Crippen LogP contribution >= 0.6 is 12.2 Å². The number of nitrogens with zero attached hydrogens (tertiary/aromatic N) is 2. The summed E-state index contributed by atoms with van der Waals surface area (Å²) in [5.41, 5.74) is -0.486. The molecule has 0 fully saturated rings. The molecule has 0 aliphatic carbocycles. The Balaban J connectivity index is 2.23. The Morgan fingerprint density at radius 1 is 1.45 bits per heavy atom. The number of halogens is 2. The van der Waals surface area contributed by atoms with Crippen LogP contribution in [-0.4, -0.2) is 27.8 Å². The molecule has 2 rings (SSSR count). The number of rotatable bonds is 5. The lowest BCUT2D eigenvalue weighted by Crippen LogP contribution is -2.26. The molecule has 6 nitrogen and oxygen atoms in total. The van der Waals surface area contributed by atoms with E-state index >= 15 is 0 Å². The number of benzene rings is 1. The Kier molecular flexibility index (Phi) is 4.86. The fourth-order valence-electron chi connectivity index (χ4n) is 2.00. The number of ether oxygens (including phenoxy) is 1. The number of amides is 1. The van der Waals surface area contributed by atoms with Crippen molar-refractivity contribution in [1.82, 2.24) is 20.1 Å². The molecule has 0 bridgehead atoms. The number of methoxy groups -OCH3 is 1. The van der Waals surface area contributed by atoms with Gasteiger partial charge in [-0.25, -0.2) is 8.78 Å². The molecule has 1 aromatic heterocycles. The summed E-state index contributed by atoms with van der Waals surface area (Å²) in [6.07, 6.45) is 0. The summed E-state index contributed by atoms with van der Waals surface area (Å²) in [4.78, 5) is 12.1. The van der Waals surface area contributed by atoms with Crippen molar-refractivity contribution in [2.24, 2.45) is 0 Å². The second-order valence-electron chi connectivity index (χ2n) is 4.31. The van der Waals surface area contributed by atoms with Crippen LogP contribution in [0.3, 0.4) is 0 Å². The summed E-state index contributed by atoms with van der Waals surface area (Å²) in [6.45, 7) is 2.45. The van der Waals surface area contributed by atoms with Gasteiger partial charge in [0.25, 0.3) is 5.91 Å². The average Bonchev–Trinajstić information content (AvgIpc) is 2.86. The van der Waals surface area contributed by atoms with Gasteiger partial charge >= 0.3 is 0 Å². The normalized spacial score (nSPS) is 10.5. The van der Waals surface area contributed by atoms with E-state index in [0.29, 0.717) is 17.1 Å². The number of H-pyrrole nitrogens is 1. The van der Waals surface area contributed by atoms with Gasteiger partial charge in [0.15, 0.2) is 22.2 Å². The van der Waals surface area contributed by atoms with E-state index in [0.717, 1.165) is 19.2 Å². The lowest BCUT2D eigenvalue weighted by atomic mass is 10.1. The third-order valence-electron chi connectivity index (χ3n) is 3.05. The molecule has 2 N–H and O–H groups in total. The van der Waals surface area contributed by atoms with Crippen LogP contribution in [0.2, 0.25) is 0 Å². The average molecular weight is 328 g/mol. The first kappa shape index (κ1) is 16.1. The smallest absolute Gasteiger partial charge is 0.258 e. The fourth-order valence-corrected chi connectivity index (χ4v) is 2.28. The summed E-state index contributed by atoms with van der Waals surface area (Å²) < 4.78 is 34.2. The molecule has 0 radical (unpaired) electrons. The van der Waals surface area contributed by atoms with E-state index in [4.69, 9.17) is 17.0 Å². The Labute approximate surface area is 130 Å². The maximum atomic E-state index is 13.8. The van der Waals surface area contributed by atoms with E-state index in [-0.39, 0.29) is 6.54 Å². The highest BCUT2D eigenvalue weighted by Gasteiger charge is 2.21. The van der Waals surface area contributed by atoms with Crippen LogP contribution in [0.5, 0.6) is 5.75 Å². The Bertz CT molecular complexity index is 757. The van der Waals surface area contributed by atoms with Gasteiger partial charge in [0.2, 0.25) is 0 Å². The molecular formula is C13H14F2N4O2S. The third kappa shape index (κ3) is 2.98. The molecule has 0 unspecified atom stereocenters. The predicted octanol–water partition coefficient (Wildman–Crippen LogP) is 2.18. The molecule has 1 heterocycles. The number of carbonyl (C=O) groups is 1. The van der Waals surface area contributed by atoms with Gasteiger partial charge < -0.3 is 14.6 Å². The maximum absolute atomic E-state index is 13.8. The first-order chi connectivity index (χ1) is 10.5. The van der Waals surface area contributed by atoms with Crippen LogP contribution in [-0.2, 0) is 13.1 Å². The molecule has 22 heavy (non-hydrogen) atoms. The lowest BCUT2D eigenvalue weighted by Gasteiger charge is -2.11. The van der Waals surface area contributed by atoms with Crippen molar-refractivity contribution in [3.05, 3.63) is 39.9 Å². The molecule has 1 amide bonds. The molecule has 0 saturated heterocycles. The minimum Gasteiger partial charge on any atom is -0.493 e. The summed E-state index contributed by atoms with van der Waals surface area (Å²) in [5.74, 6) is -2.44. The van der Waals surface area contributed by atoms with Gasteiger partial charge in [-0.2, -0.15) is 5.10 Å². The second kappa shape index (κ2) is 6.65. The first-order valence-corrected chi connectivity index (χ1v) is 6.84. The summed E-state index contributed by atoms with van der Waals surface area (Å²) >= 11 is 5.03. The highest BCUT2D eigenvalue weighted by Crippen LogP contribution is 2.25. The van der Waals surface area contributed by atoms with E-state index in [9.17, 15) is 13.6 Å². The zero-order valence-corrected chi connectivity index (χ0v) is 12.8. The predicted molar refractivity (Wildman–Crippen MR) is 77.2 cm³/mol. The van der Waals surface area contributed by atoms with Crippen molar-refractivity contribution < 1.29 is 18.3 Å². The van der Waals surface area contributed by atoms with Crippen LogP contribution in [0.15, 0.2) is 12.1 Å². The first-order valence-electron chi connectivity index (χ1n) is 6.43. The highest BCUT2D eigenvalue weighted by molar-refractivity contribution is 7.71. The molecule has 0 aliphatic heterocycles. The highest BCUT2D eigenvalue weighted by atomic mass is 32.1. The minimum absolute atomic E-state index is 0.0128. The number of nitrogens with one attached hydrogen (secondary N) is 2. The molecule has 0 atom stereocenters. The maximum Gasteiger partial charge on any atom is 0.258 e. The molecule has 2 aromatic rings. The topological polar surface area (TPSA) is 71.9 Å². The van der Waals surface area contributed by atoms with Crippen LogP contribution in [0, 0.1) is 16.4 Å². The van der Waals surface area contributed by atoms with Gasteiger partial charge in [-0.05, 0) is 31.3 Å². The van der Waals surface area contributed by atoms with Crippen molar-refractivity contribution in [3.8, 4) is 5.75 Å². The summed E-state index contributed by atoms with van der Waals surface area (Å²) in [6, 6.07) is 1.77. The summed E-state index contributed by atoms with van der Waals surface area (Å²) in [5, 5.41) is 9.04. The van der Waals surface area contributed by atoms with E-state index in [2.05, 4.69) is 15.5 Å². The van der Waals surface area contributed by atoms with E-state index in [1.165, 1.54) is 0 Å². The van der Waals surface area contributed by atoms with Crippen molar-refractivity contribution in [1.29, 1.82) is 0 Å². The molecule has 1 aromatic carbocycles. The van der Waals surface area contributed by atoms with Crippen LogP contribution in [0.1, 0.15) is 23.1 Å². The quantitative estimate of drug-likeness (QED) is 0.825. The van der Waals surface area contributed by atoms with Crippen LogP contribution in [0.4, 0.5) is 8.78 Å². The van der Waals surface area contributed by atoms with E-state index < -0.39 is 28.9 Å². The fraction of sp³-hybridized carbons (Fsp3) is 0.308. The number of aromatic nitrogens is 3.